The van der Waals surface area contributed by atoms with Crippen LogP contribution in [0.1, 0.15) is 12.8 Å². The smallest absolute Gasteiger partial charge is 0.103 e. The zero-order valence-corrected chi connectivity index (χ0v) is 5.44. The molecule has 2 atom stereocenters. The lowest BCUT2D eigenvalue weighted by Crippen LogP contribution is -2.37. The molecule has 1 saturated heterocycles. The Balaban J connectivity index is 2.31. The molecule has 1 nitrogen and oxygen atoms in total. The quantitative estimate of drug-likeness (QED) is 0.525. The van der Waals surface area contributed by atoms with E-state index in [2.05, 4.69) is 11.9 Å². The van der Waals surface area contributed by atoms with Crippen LogP contribution in [0.4, 0.5) is 4.39 Å². The molecule has 0 unspecified atom stereocenters. The molecule has 0 amide bonds. The second-order valence-corrected chi connectivity index (χ2v) is 2.42. The maximum absolute atomic E-state index is 12.5. The van der Waals surface area contributed by atoms with Crippen LogP contribution in [0.25, 0.3) is 0 Å². The zero-order valence-electron chi connectivity index (χ0n) is 5.44. The van der Waals surface area contributed by atoms with Crippen molar-refractivity contribution in [3.05, 3.63) is 12.7 Å². The van der Waals surface area contributed by atoms with Crippen molar-refractivity contribution in [3.63, 3.8) is 0 Å². The number of nitrogens with one attached hydrogen (secondary N) is 1. The highest BCUT2D eigenvalue weighted by Gasteiger charge is 2.17. The summed E-state index contributed by atoms with van der Waals surface area (Å²) in [6, 6.07) is 0.203. The van der Waals surface area contributed by atoms with Gasteiger partial charge in [-0.1, -0.05) is 6.08 Å². The number of hydrogen-bond acceptors (Lipinski definition) is 1. The van der Waals surface area contributed by atoms with Gasteiger partial charge in [-0.2, -0.15) is 0 Å². The fourth-order valence-electron chi connectivity index (χ4n) is 1.08. The summed E-state index contributed by atoms with van der Waals surface area (Å²) in [5.74, 6) is 0. The van der Waals surface area contributed by atoms with E-state index in [4.69, 9.17) is 0 Å². The average Bonchev–Trinajstić information content (AvgIpc) is 1.88. The molecule has 1 heterocycles. The van der Waals surface area contributed by atoms with Crippen LogP contribution in [0.5, 0.6) is 0 Å². The van der Waals surface area contributed by atoms with Crippen LogP contribution in [0.2, 0.25) is 0 Å². The molecule has 1 aliphatic heterocycles. The summed E-state index contributed by atoms with van der Waals surface area (Å²) in [5, 5.41) is 3.14. The Labute approximate surface area is 54.9 Å². The monoisotopic (exact) mass is 129 g/mol. The first kappa shape index (κ1) is 6.75. The van der Waals surface area contributed by atoms with Crippen molar-refractivity contribution in [2.24, 2.45) is 0 Å². The molecule has 52 valence electrons. The third-order valence-corrected chi connectivity index (χ3v) is 1.66. The molecule has 1 fully saturated rings. The number of halogens is 1. The van der Waals surface area contributed by atoms with Gasteiger partial charge in [-0.3, -0.25) is 0 Å². The third kappa shape index (κ3) is 1.79. The van der Waals surface area contributed by atoms with E-state index in [1.165, 1.54) is 0 Å². The van der Waals surface area contributed by atoms with Crippen molar-refractivity contribution in [1.82, 2.24) is 5.32 Å². The zero-order chi connectivity index (χ0) is 6.69. The van der Waals surface area contributed by atoms with Gasteiger partial charge in [-0.05, 0) is 19.4 Å². The van der Waals surface area contributed by atoms with Gasteiger partial charge in [0, 0.05) is 6.04 Å². The van der Waals surface area contributed by atoms with E-state index in [9.17, 15) is 4.39 Å². The Hall–Kier alpha value is -0.370. The Morgan fingerprint density at radius 2 is 2.44 bits per heavy atom. The van der Waals surface area contributed by atoms with Gasteiger partial charge >= 0.3 is 0 Å². The van der Waals surface area contributed by atoms with E-state index in [0.29, 0.717) is 12.8 Å². The maximum Gasteiger partial charge on any atom is 0.103 e. The van der Waals surface area contributed by atoms with Crippen LogP contribution >= 0.6 is 0 Å². The van der Waals surface area contributed by atoms with E-state index >= 15 is 0 Å². The fraction of sp³-hybridized carbons (Fsp3) is 0.714. The maximum atomic E-state index is 12.5. The molecule has 1 aliphatic rings. The number of alkyl halides is 1. The fourth-order valence-corrected chi connectivity index (χ4v) is 1.08. The highest BCUT2D eigenvalue weighted by Crippen LogP contribution is 2.11. The average molecular weight is 129 g/mol. The van der Waals surface area contributed by atoms with Gasteiger partial charge in [0.2, 0.25) is 0 Å². The molecule has 0 spiro atoms. The van der Waals surface area contributed by atoms with Gasteiger partial charge in [0.05, 0.1) is 0 Å². The van der Waals surface area contributed by atoms with Crippen molar-refractivity contribution < 1.29 is 4.39 Å². The molecule has 0 saturated carbocycles. The van der Waals surface area contributed by atoms with Gasteiger partial charge in [-0.15, -0.1) is 6.58 Å². The third-order valence-electron chi connectivity index (χ3n) is 1.66. The van der Waals surface area contributed by atoms with Gasteiger partial charge in [0.1, 0.15) is 6.17 Å². The number of rotatable bonds is 1. The Kier molecular flexibility index (Phi) is 2.22. The van der Waals surface area contributed by atoms with E-state index in [1.54, 1.807) is 6.08 Å². The van der Waals surface area contributed by atoms with E-state index in [0.717, 1.165) is 6.54 Å². The summed E-state index contributed by atoms with van der Waals surface area (Å²) >= 11 is 0. The molecule has 0 aromatic heterocycles. The van der Waals surface area contributed by atoms with E-state index < -0.39 is 6.17 Å². The van der Waals surface area contributed by atoms with Crippen LogP contribution in [-0.2, 0) is 0 Å². The summed E-state index contributed by atoms with van der Waals surface area (Å²) < 4.78 is 12.5. The summed E-state index contributed by atoms with van der Waals surface area (Å²) in [5.41, 5.74) is 0. The predicted molar refractivity (Wildman–Crippen MR) is 36.1 cm³/mol. The minimum Gasteiger partial charge on any atom is -0.310 e. The van der Waals surface area contributed by atoms with Crippen molar-refractivity contribution in [2.45, 2.75) is 25.1 Å². The van der Waals surface area contributed by atoms with Gasteiger partial charge in [0.15, 0.2) is 0 Å². The first-order valence-corrected chi connectivity index (χ1v) is 3.33. The first-order valence-electron chi connectivity index (χ1n) is 3.33. The summed E-state index contributed by atoms with van der Waals surface area (Å²) in [4.78, 5) is 0. The van der Waals surface area contributed by atoms with Crippen LogP contribution in [0.3, 0.4) is 0 Å². The molecule has 0 radical (unpaired) electrons. The van der Waals surface area contributed by atoms with Gasteiger partial charge < -0.3 is 5.32 Å². The number of piperidine rings is 1. The van der Waals surface area contributed by atoms with Gasteiger partial charge in [-0.25, -0.2) is 4.39 Å². The van der Waals surface area contributed by atoms with Crippen molar-refractivity contribution >= 4 is 0 Å². The normalized spacial score (nSPS) is 36.1. The van der Waals surface area contributed by atoms with Crippen molar-refractivity contribution in [2.75, 3.05) is 6.54 Å². The molecule has 9 heavy (non-hydrogen) atoms. The van der Waals surface area contributed by atoms with Crippen LogP contribution in [-0.4, -0.2) is 18.8 Å². The topological polar surface area (TPSA) is 12.0 Å². The minimum atomic E-state index is -0.616. The van der Waals surface area contributed by atoms with Crippen LogP contribution in [0, 0.1) is 0 Å². The first-order chi connectivity index (χ1) is 4.33. The SMILES string of the molecule is C=C[C@@H]1C[C@H](F)CCN1. The minimum absolute atomic E-state index is 0.203. The van der Waals surface area contributed by atoms with Crippen LogP contribution in [0.15, 0.2) is 12.7 Å². The standard InChI is InChI=1S/C7H12FN/c1-2-7-5-6(8)3-4-9-7/h2,6-7,9H,1,3-5H2/t6-,7-/m1/s1. The predicted octanol–water partition coefficient (Wildman–Crippen LogP) is 1.26. The second-order valence-electron chi connectivity index (χ2n) is 2.42. The molecular formula is C7H12FN. The van der Waals surface area contributed by atoms with Crippen molar-refractivity contribution in [3.8, 4) is 0 Å². The lowest BCUT2D eigenvalue weighted by atomic mass is 10.0. The summed E-state index contributed by atoms with van der Waals surface area (Å²) in [7, 11) is 0. The lowest BCUT2D eigenvalue weighted by molar-refractivity contribution is 0.240. The van der Waals surface area contributed by atoms with E-state index in [1.807, 2.05) is 0 Å². The largest absolute Gasteiger partial charge is 0.310 e. The Morgan fingerprint density at radius 3 is 2.89 bits per heavy atom. The molecule has 1 N–H and O–H groups in total. The highest BCUT2D eigenvalue weighted by molar-refractivity contribution is 4.90. The lowest BCUT2D eigenvalue weighted by Gasteiger charge is -2.22. The summed E-state index contributed by atoms with van der Waals surface area (Å²) in [6.07, 6.45) is 2.41. The highest BCUT2D eigenvalue weighted by atomic mass is 19.1. The molecule has 0 bridgehead atoms. The number of hydrogen-bond donors (Lipinski definition) is 1. The molecule has 0 aliphatic carbocycles. The van der Waals surface area contributed by atoms with E-state index in [-0.39, 0.29) is 6.04 Å². The molecule has 0 aromatic rings. The van der Waals surface area contributed by atoms with Crippen LogP contribution < -0.4 is 5.32 Å². The second kappa shape index (κ2) is 2.97. The van der Waals surface area contributed by atoms with Gasteiger partial charge in [0.25, 0.3) is 0 Å². The summed E-state index contributed by atoms with van der Waals surface area (Å²) in [6.45, 7) is 4.38. The molecule has 2 heteroatoms. The molecule has 1 rings (SSSR count). The Morgan fingerprint density at radius 1 is 1.67 bits per heavy atom. The Bertz CT molecular complexity index is 103. The molecular weight excluding hydrogens is 117 g/mol. The van der Waals surface area contributed by atoms with Crippen molar-refractivity contribution in [1.29, 1.82) is 0 Å². The molecule has 0 aromatic carbocycles.